The third kappa shape index (κ3) is 5.63. The summed E-state index contributed by atoms with van der Waals surface area (Å²) in [5, 5.41) is 3.69. The summed E-state index contributed by atoms with van der Waals surface area (Å²) in [6.07, 6.45) is 4.89. The Morgan fingerprint density at radius 2 is 1.97 bits per heavy atom. The maximum Gasteiger partial charge on any atom is 0.224 e. The molecule has 0 radical (unpaired) electrons. The number of hydrogen-bond acceptors (Lipinski definition) is 4. The van der Waals surface area contributed by atoms with Crippen LogP contribution in [0.25, 0.3) is 5.69 Å². The van der Waals surface area contributed by atoms with Gasteiger partial charge >= 0.3 is 0 Å². The average molecular weight is 521 g/mol. The van der Waals surface area contributed by atoms with Crippen molar-refractivity contribution in [3.8, 4) is 5.69 Å². The standard InChI is InChI=1S/C24H26Cl2N4O3S/c1-17-27-10-12-30(17)23-7-3-2-5-19(23)14-28-24(31)20-6-4-11-29(15-20)34(32,33)16-18-8-9-21(25)22(26)13-18/h2-3,5,7-10,12-13,20H,4,6,11,14-16H2,1H3,(H,28,31)/t20-/m1/s1. The van der Waals surface area contributed by atoms with E-state index in [-0.39, 0.29) is 18.2 Å². The monoisotopic (exact) mass is 520 g/mol. The summed E-state index contributed by atoms with van der Waals surface area (Å²) in [6.45, 7) is 2.83. The zero-order chi connectivity index (χ0) is 24.3. The molecule has 34 heavy (non-hydrogen) atoms. The Morgan fingerprint density at radius 1 is 1.18 bits per heavy atom. The second kappa shape index (κ2) is 10.5. The quantitative estimate of drug-likeness (QED) is 0.501. The molecule has 180 valence electrons. The minimum atomic E-state index is -3.60. The number of para-hydroxylation sites is 1. The fourth-order valence-corrected chi connectivity index (χ4v) is 6.11. The van der Waals surface area contributed by atoms with Gasteiger partial charge in [0.15, 0.2) is 0 Å². The lowest BCUT2D eigenvalue weighted by Crippen LogP contribution is -2.45. The molecule has 0 bridgehead atoms. The van der Waals surface area contributed by atoms with Gasteiger partial charge in [-0.2, -0.15) is 0 Å². The summed E-state index contributed by atoms with van der Waals surface area (Å²) in [5.41, 5.74) is 2.47. The van der Waals surface area contributed by atoms with Crippen molar-refractivity contribution < 1.29 is 13.2 Å². The van der Waals surface area contributed by atoms with E-state index in [9.17, 15) is 13.2 Å². The molecule has 1 saturated heterocycles. The molecule has 2 aromatic carbocycles. The van der Waals surface area contributed by atoms with Crippen LogP contribution in [0.5, 0.6) is 0 Å². The van der Waals surface area contributed by atoms with E-state index in [1.54, 1.807) is 24.4 Å². The van der Waals surface area contributed by atoms with Gasteiger partial charge in [-0.05, 0) is 49.1 Å². The minimum Gasteiger partial charge on any atom is -0.352 e. The van der Waals surface area contributed by atoms with Gasteiger partial charge in [-0.25, -0.2) is 17.7 Å². The van der Waals surface area contributed by atoms with Crippen molar-refractivity contribution in [1.82, 2.24) is 19.2 Å². The molecule has 1 fully saturated rings. The number of imidazole rings is 1. The van der Waals surface area contributed by atoms with Gasteiger partial charge in [0.2, 0.25) is 15.9 Å². The molecule has 1 atom stereocenters. The van der Waals surface area contributed by atoms with Gasteiger partial charge in [0.05, 0.1) is 27.4 Å². The van der Waals surface area contributed by atoms with E-state index < -0.39 is 15.9 Å². The summed E-state index contributed by atoms with van der Waals surface area (Å²) in [7, 11) is -3.60. The molecule has 10 heteroatoms. The molecule has 0 unspecified atom stereocenters. The fourth-order valence-electron chi connectivity index (χ4n) is 4.19. The molecule has 1 N–H and O–H groups in total. The van der Waals surface area contributed by atoms with Crippen molar-refractivity contribution in [3.63, 3.8) is 0 Å². The Bertz CT molecular complexity index is 1290. The molecule has 4 rings (SSSR count). The van der Waals surface area contributed by atoms with Crippen molar-refractivity contribution in [2.45, 2.75) is 32.1 Å². The van der Waals surface area contributed by atoms with Crippen molar-refractivity contribution >= 4 is 39.1 Å². The predicted octanol–water partition coefficient (Wildman–Crippen LogP) is 4.35. The van der Waals surface area contributed by atoms with E-state index in [1.807, 2.05) is 42.0 Å². The third-order valence-electron chi connectivity index (χ3n) is 6.01. The van der Waals surface area contributed by atoms with Gasteiger partial charge in [-0.15, -0.1) is 0 Å². The van der Waals surface area contributed by atoms with Crippen molar-refractivity contribution in [2.75, 3.05) is 13.1 Å². The number of nitrogens with zero attached hydrogens (tertiary/aromatic N) is 3. The highest BCUT2D eigenvalue weighted by Gasteiger charge is 2.32. The van der Waals surface area contributed by atoms with E-state index in [0.717, 1.165) is 17.1 Å². The maximum absolute atomic E-state index is 13.0. The molecule has 7 nitrogen and oxygen atoms in total. The van der Waals surface area contributed by atoms with Crippen LogP contribution in [-0.2, 0) is 27.1 Å². The zero-order valence-electron chi connectivity index (χ0n) is 18.7. The second-order valence-electron chi connectivity index (χ2n) is 8.39. The van der Waals surface area contributed by atoms with E-state index >= 15 is 0 Å². The highest BCUT2D eigenvalue weighted by molar-refractivity contribution is 7.88. The molecule has 0 aliphatic carbocycles. The summed E-state index contributed by atoms with van der Waals surface area (Å²) < 4.78 is 29.4. The summed E-state index contributed by atoms with van der Waals surface area (Å²) >= 11 is 12.0. The van der Waals surface area contributed by atoms with Crippen LogP contribution in [0, 0.1) is 12.8 Å². The van der Waals surface area contributed by atoms with E-state index in [1.165, 1.54) is 4.31 Å². The topological polar surface area (TPSA) is 84.3 Å². The average Bonchev–Trinajstić information content (AvgIpc) is 3.25. The Hall–Kier alpha value is -2.39. The minimum absolute atomic E-state index is 0.147. The highest BCUT2D eigenvalue weighted by atomic mass is 35.5. The van der Waals surface area contributed by atoms with Crippen molar-refractivity contribution in [3.05, 3.63) is 81.9 Å². The van der Waals surface area contributed by atoms with Gasteiger partial charge in [0.1, 0.15) is 5.82 Å². The molecule has 0 spiro atoms. The number of benzene rings is 2. The Kier molecular flexibility index (Phi) is 7.62. The highest BCUT2D eigenvalue weighted by Crippen LogP contribution is 2.26. The molecule has 1 aliphatic rings. The largest absolute Gasteiger partial charge is 0.352 e. The Labute approximate surface area is 209 Å². The van der Waals surface area contributed by atoms with Crippen LogP contribution in [-0.4, -0.2) is 41.3 Å². The van der Waals surface area contributed by atoms with Crippen LogP contribution in [0.15, 0.2) is 54.9 Å². The van der Waals surface area contributed by atoms with Crippen LogP contribution in [0.2, 0.25) is 10.0 Å². The summed E-state index contributed by atoms with van der Waals surface area (Å²) in [4.78, 5) is 17.2. The Morgan fingerprint density at radius 3 is 2.71 bits per heavy atom. The number of sulfonamides is 1. The SMILES string of the molecule is Cc1nccn1-c1ccccc1CNC(=O)[C@@H]1CCCN(S(=O)(=O)Cc2ccc(Cl)c(Cl)c2)C1. The summed E-state index contributed by atoms with van der Waals surface area (Å²) in [6, 6.07) is 12.6. The molecular weight excluding hydrogens is 495 g/mol. The number of rotatable bonds is 7. The van der Waals surface area contributed by atoms with Crippen molar-refractivity contribution in [2.24, 2.45) is 5.92 Å². The number of halogens is 2. The number of hydrogen-bond donors (Lipinski definition) is 1. The van der Waals surface area contributed by atoms with Crippen molar-refractivity contribution in [1.29, 1.82) is 0 Å². The first-order chi connectivity index (χ1) is 16.2. The Balaban J connectivity index is 1.40. The zero-order valence-corrected chi connectivity index (χ0v) is 21.1. The van der Waals surface area contributed by atoms with Gasteiger partial charge < -0.3 is 9.88 Å². The lowest BCUT2D eigenvalue weighted by atomic mass is 9.98. The van der Waals surface area contributed by atoms with Gasteiger partial charge in [-0.3, -0.25) is 4.79 Å². The smallest absolute Gasteiger partial charge is 0.224 e. The van der Waals surface area contributed by atoms with Gasteiger partial charge in [0.25, 0.3) is 0 Å². The lowest BCUT2D eigenvalue weighted by Gasteiger charge is -2.31. The number of aryl methyl sites for hydroxylation is 1. The number of carbonyl (C=O) groups excluding carboxylic acids is 1. The van der Waals surface area contributed by atoms with E-state index in [4.69, 9.17) is 23.2 Å². The first kappa shape index (κ1) is 24.7. The van der Waals surface area contributed by atoms with Crippen LogP contribution < -0.4 is 5.32 Å². The predicted molar refractivity (Wildman–Crippen MR) is 134 cm³/mol. The molecular formula is C24H26Cl2N4O3S. The van der Waals surface area contributed by atoms with E-state index in [0.29, 0.717) is 41.5 Å². The summed E-state index contributed by atoms with van der Waals surface area (Å²) in [5.74, 6) is 0.121. The normalized spacial score (nSPS) is 17.0. The second-order valence-corrected chi connectivity index (χ2v) is 11.2. The number of nitrogens with one attached hydrogen (secondary N) is 1. The molecule has 1 aliphatic heterocycles. The number of piperidine rings is 1. The van der Waals surface area contributed by atoms with Crippen LogP contribution in [0.1, 0.15) is 29.8 Å². The maximum atomic E-state index is 13.0. The first-order valence-electron chi connectivity index (χ1n) is 11.0. The number of carbonyl (C=O) groups is 1. The molecule has 3 aromatic rings. The fraction of sp³-hybridized carbons (Fsp3) is 0.333. The van der Waals surface area contributed by atoms with E-state index in [2.05, 4.69) is 10.3 Å². The van der Waals surface area contributed by atoms with Crippen LogP contribution in [0.4, 0.5) is 0 Å². The molecule has 0 saturated carbocycles. The number of aromatic nitrogens is 2. The first-order valence-corrected chi connectivity index (χ1v) is 13.4. The van der Waals surface area contributed by atoms with Crippen LogP contribution in [0.3, 0.4) is 0 Å². The van der Waals surface area contributed by atoms with Crippen LogP contribution >= 0.6 is 23.2 Å². The van der Waals surface area contributed by atoms with Gasteiger partial charge in [0, 0.05) is 32.0 Å². The molecule has 1 aromatic heterocycles. The number of amides is 1. The molecule has 2 heterocycles. The third-order valence-corrected chi connectivity index (χ3v) is 8.57. The molecule has 1 amide bonds. The van der Waals surface area contributed by atoms with Gasteiger partial charge in [-0.1, -0.05) is 47.5 Å². The lowest BCUT2D eigenvalue weighted by molar-refractivity contribution is -0.126.